The van der Waals surface area contributed by atoms with E-state index in [4.69, 9.17) is 27.8 Å². The fraction of sp³-hybridized carbons (Fsp3) is 0.529. The van der Waals surface area contributed by atoms with Crippen LogP contribution in [0.4, 0.5) is 21.7 Å². The van der Waals surface area contributed by atoms with Crippen molar-refractivity contribution in [1.82, 2.24) is 35.4 Å². The molecule has 5 amide bonds. The highest BCUT2D eigenvalue weighted by molar-refractivity contribution is 7.99. The van der Waals surface area contributed by atoms with Gasteiger partial charge in [-0.15, -0.1) is 11.3 Å². The smallest absolute Gasteiger partial charge is 0.258 e. The Morgan fingerprint density at radius 1 is 1.05 bits per heavy atom. The molecule has 18 nitrogen and oxygen atoms in total. The van der Waals surface area contributed by atoms with E-state index in [0.717, 1.165) is 42.1 Å². The molecule has 0 bridgehead atoms. The minimum atomic E-state index is -1.99. The number of aliphatic hydroxyl groups is 1. The number of aliphatic hydroxyl groups excluding tert-OH is 1. The Bertz CT molecular complexity index is 2720. The quantitative estimate of drug-likeness (QED) is 0.0719. The summed E-state index contributed by atoms with van der Waals surface area (Å²) in [6.45, 7) is 11.9. The van der Waals surface area contributed by atoms with Gasteiger partial charge in [0.1, 0.15) is 35.1 Å². The van der Waals surface area contributed by atoms with Gasteiger partial charge in [0.05, 0.1) is 45.7 Å². The van der Waals surface area contributed by atoms with Crippen LogP contribution in [0.5, 0.6) is 5.75 Å². The van der Waals surface area contributed by atoms with Gasteiger partial charge in [-0.2, -0.15) is 0 Å². The van der Waals surface area contributed by atoms with E-state index in [1.165, 1.54) is 28.0 Å². The molecule has 1 saturated carbocycles. The predicted molar refractivity (Wildman–Crippen MR) is 279 cm³/mol. The van der Waals surface area contributed by atoms with Gasteiger partial charge in [-0.3, -0.25) is 24.0 Å². The molecule has 3 aliphatic heterocycles. The van der Waals surface area contributed by atoms with Crippen molar-refractivity contribution < 1.29 is 38.2 Å². The molecule has 4 aromatic rings. The van der Waals surface area contributed by atoms with Crippen LogP contribution in [0, 0.1) is 18.3 Å². The lowest BCUT2D eigenvalue weighted by Gasteiger charge is -2.37. The Balaban J connectivity index is 0.842. The van der Waals surface area contributed by atoms with Crippen molar-refractivity contribution in [2.75, 3.05) is 55.3 Å². The van der Waals surface area contributed by atoms with Crippen LogP contribution in [0.1, 0.15) is 90.3 Å². The number of amides is 5. The van der Waals surface area contributed by atoms with Gasteiger partial charge >= 0.3 is 0 Å². The molecule has 2 aromatic carbocycles. The Kier molecular flexibility index (Phi) is 16.2. The van der Waals surface area contributed by atoms with Gasteiger partial charge in [0.15, 0.2) is 11.5 Å². The van der Waals surface area contributed by atoms with Crippen LogP contribution in [0.25, 0.3) is 10.4 Å². The number of benzene rings is 2. The molecule has 0 unspecified atom stereocenters. The Labute approximate surface area is 437 Å². The molecule has 8 rings (SSSR count). The average Bonchev–Trinajstić information content (AvgIpc) is 3.75. The average molecular weight is 1060 g/mol. The molecule has 0 radical (unpaired) electrons. The fourth-order valence-corrected chi connectivity index (χ4v) is 11.1. The molecule has 73 heavy (non-hydrogen) atoms. The highest BCUT2D eigenvalue weighted by atomic mass is 35.5. The summed E-state index contributed by atoms with van der Waals surface area (Å²) < 4.78 is 21.2. The summed E-state index contributed by atoms with van der Waals surface area (Å²) >= 11 is 9.50. The molecular weight excluding hydrogens is 997 g/mol. The standard InChI is InChI=1S/C51H65ClFN11O7S2/c1-29-42(72-28-58-29)31-9-10-32(24-56-45(68)35-22-33(65)26-64(35)47(69)43(49(2,3)4)61-48(70)51(53)13-14-51)36(21-31)71-27-30-11-17-63(18-12-30)40(67)23-39(66)59-34-7-6-8-37(41(34)52)73-46-44(54)60-38(25-57-46)62-19-15-50(5,55)16-20-62/h6-10,21,25,28,30,33,35,43,65H,11-20,22-24,26-27,55H2,1-5H3,(H2,54,60)(H,56,68)(H,59,66)(H,61,70)/t33-,35+,43-/m1/s1. The third kappa shape index (κ3) is 13.0. The molecular formula is C51H65ClFN11O7S2. The molecule has 5 heterocycles. The number of anilines is 3. The molecule has 392 valence electrons. The summed E-state index contributed by atoms with van der Waals surface area (Å²) in [6, 6.07) is 8.77. The lowest BCUT2D eigenvalue weighted by atomic mass is 9.85. The van der Waals surface area contributed by atoms with Gasteiger partial charge in [-0.05, 0) is 87.5 Å². The number of carbonyl (C=O) groups excluding carboxylic acids is 5. The summed E-state index contributed by atoms with van der Waals surface area (Å²) in [5.74, 6) is -1.15. The number of nitrogens with one attached hydrogen (secondary N) is 3. The molecule has 3 atom stereocenters. The lowest BCUT2D eigenvalue weighted by molar-refractivity contribution is -0.145. The number of β-amino-alcohol motifs (C(OH)–C–C–N with tert-alkyl or cyclic N) is 1. The first-order valence-corrected chi connectivity index (χ1v) is 26.8. The van der Waals surface area contributed by atoms with E-state index in [-0.39, 0.29) is 67.0 Å². The topological polar surface area (TPSA) is 251 Å². The first-order valence-electron chi connectivity index (χ1n) is 24.7. The van der Waals surface area contributed by atoms with Crippen molar-refractivity contribution in [3.63, 3.8) is 0 Å². The molecule has 0 spiro atoms. The number of aromatic nitrogens is 3. The number of nitrogen functional groups attached to an aromatic ring is 1. The van der Waals surface area contributed by atoms with Gasteiger partial charge in [0.25, 0.3) is 5.91 Å². The van der Waals surface area contributed by atoms with Gasteiger partial charge in [0, 0.05) is 61.7 Å². The van der Waals surface area contributed by atoms with Crippen LogP contribution in [-0.2, 0) is 30.5 Å². The Morgan fingerprint density at radius 2 is 1.78 bits per heavy atom. The highest BCUT2D eigenvalue weighted by Crippen LogP contribution is 2.41. The number of rotatable bonds is 16. The van der Waals surface area contributed by atoms with Crippen LogP contribution < -0.4 is 37.1 Å². The van der Waals surface area contributed by atoms with Crippen LogP contribution >= 0.6 is 34.7 Å². The van der Waals surface area contributed by atoms with Gasteiger partial charge < -0.3 is 52.0 Å². The molecule has 8 N–H and O–H groups in total. The van der Waals surface area contributed by atoms with Crippen molar-refractivity contribution in [2.45, 2.75) is 132 Å². The number of likely N-dealkylation sites (tertiary alicyclic amines) is 2. The van der Waals surface area contributed by atoms with Crippen molar-refractivity contribution in [1.29, 1.82) is 0 Å². The van der Waals surface area contributed by atoms with Crippen LogP contribution in [0.15, 0.2) is 58.0 Å². The maximum absolute atomic E-state index is 14.7. The number of nitrogens with two attached hydrogens (primary N) is 2. The highest BCUT2D eigenvalue weighted by Gasteiger charge is 2.53. The summed E-state index contributed by atoms with van der Waals surface area (Å²) in [7, 11) is 0. The van der Waals surface area contributed by atoms with Crippen molar-refractivity contribution in [3.05, 3.63) is 64.4 Å². The second-order valence-electron chi connectivity index (χ2n) is 21.1. The van der Waals surface area contributed by atoms with Crippen LogP contribution in [-0.4, -0.2) is 128 Å². The number of alkyl halides is 1. The van der Waals surface area contributed by atoms with Crippen LogP contribution in [0.3, 0.4) is 0 Å². The number of nitrogens with zero attached hydrogens (tertiary/aromatic N) is 6. The first-order chi connectivity index (χ1) is 34.6. The third-order valence-electron chi connectivity index (χ3n) is 14.1. The van der Waals surface area contributed by atoms with E-state index in [9.17, 15) is 33.5 Å². The summed E-state index contributed by atoms with van der Waals surface area (Å²) in [5, 5.41) is 19.8. The second-order valence-corrected chi connectivity index (χ2v) is 23.3. The first kappa shape index (κ1) is 53.7. The molecule has 2 aromatic heterocycles. The van der Waals surface area contributed by atoms with E-state index in [2.05, 4.69) is 35.8 Å². The van der Waals surface area contributed by atoms with Gasteiger partial charge in [-0.25, -0.2) is 19.3 Å². The van der Waals surface area contributed by atoms with Crippen molar-refractivity contribution in [2.24, 2.45) is 17.1 Å². The maximum atomic E-state index is 14.7. The number of hydrogen-bond donors (Lipinski definition) is 6. The number of hydrogen-bond acceptors (Lipinski definition) is 15. The molecule has 4 aliphatic rings. The van der Waals surface area contributed by atoms with Crippen molar-refractivity contribution >= 4 is 81.6 Å². The number of carbonyl (C=O) groups is 5. The zero-order valence-corrected chi connectivity index (χ0v) is 44.2. The minimum Gasteiger partial charge on any atom is -0.493 e. The van der Waals surface area contributed by atoms with E-state index in [1.54, 1.807) is 55.6 Å². The minimum absolute atomic E-state index is 0.00572. The molecule has 1 aliphatic carbocycles. The van der Waals surface area contributed by atoms with E-state index in [1.807, 2.05) is 32.0 Å². The Morgan fingerprint density at radius 3 is 2.44 bits per heavy atom. The van der Waals surface area contributed by atoms with E-state index < -0.39 is 52.9 Å². The normalized spacial score (nSPS) is 20.0. The molecule has 3 saturated heterocycles. The summed E-state index contributed by atoms with van der Waals surface area (Å²) in [6.07, 6.45) is 3.45. The number of halogens is 2. The monoisotopic (exact) mass is 1060 g/mol. The molecule has 22 heteroatoms. The SMILES string of the molecule is Cc1ncsc1-c1ccc(CNC(=O)[C@@H]2C[C@@H](O)CN2C(=O)[C@@H](NC(=O)C2(F)CC2)C(C)(C)C)c(OCC2CCN(C(=O)CC(=O)Nc3cccc(Sc4ncc(N5CCC(C)(N)CC5)nc4N)c3Cl)CC2)c1. The number of piperidine rings is 2. The van der Waals surface area contributed by atoms with Crippen LogP contribution in [0.2, 0.25) is 5.02 Å². The summed E-state index contributed by atoms with van der Waals surface area (Å²) in [5.41, 5.74) is 14.2. The number of thiazole rings is 1. The second kappa shape index (κ2) is 22.1. The number of aryl methyl sites for hydroxylation is 1. The summed E-state index contributed by atoms with van der Waals surface area (Å²) in [4.78, 5) is 87.5. The number of ether oxygens (including phenoxy) is 1. The van der Waals surface area contributed by atoms with Crippen molar-refractivity contribution in [3.8, 4) is 16.2 Å². The fourth-order valence-electron chi connectivity index (χ4n) is 9.22. The zero-order valence-electron chi connectivity index (χ0n) is 41.8. The zero-order chi connectivity index (χ0) is 52.4. The van der Waals surface area contributed by atoms with Gasteiger partial charge in [-0.1, -0.05) is 62.3 Å². The van der Waals surface area contributed by atoms with E-state index in [0.29, 0.717) is 65.3 Å². The largest absolute Gasteiger partial charge is 0.493 e. The third-order valence-corrected chi connectivity index (χ3v) is 16.6. The predicted octanol–water partition coefficient (Wildman–Crippen LogP) is 5.87. The van der Waals surface area contributed by atoms with E-state index >= 15 is 0 Å². The molecule has 4 fully saturated rings. The van der Waals surface area contributed by atoms with Gasteiger partial charge in [0.2, 0.25) is 23.6 Å². The lowest BCUT2D eigenvalue weighted by Crippen LogP contribution is -2.59. The maximum Gasteiger partial charge on any atom is 0.258 e. The Hall–Kier alpha value is -5.61.